The van der Waals surface area contributed by atoms with Gasteiger partial charge in [0, 0.05) is 37.9 Å². The van der Waals surface area contributed by atoms with Crippen molar-refractivity contribution in [3.63, 3.8) is 0 Å². The number of benzene rings is 1. The Morgan fingerprint density at radius 2 is 2.03 bits per heavy atom. The molecular weight excluding hydrogens is 471 g/mol. The van der Waals surface area contributed by atoms with Gasteiger partial charge in [0.25, 0.3) is 0 Å². The maximum Gasteiger partial charge on any atom is 0.425 e. The molecule has 194 valence electrons. The first kappa shape index (κ1) is 26.7. The molecule has 13 heteroatoms. The standard InChI is InChI=1S/C22H30F3N5O5/c1-12-7-16(14(3)17(8-12)26-20-28-27-19(35-20)18(32)11-31)10-29-5-6-30(13(2)9-29)21(33)34-15(4)22(23,24)25/h7-8,13,15,18,31-32H,5-6,9-11H2,1-4H3,(H,26,28)/t13-,15+,18-/m0/s1. The average molecular weight is 502 g/mol. The molecule has 0 aliphatic carbocycles. The van der Waals surface area contributed by atoms with E-state index in [1.54, 1.807) is 6.92 Å². The minimum Gasteiger partial charge on any atom is -0.437 e. The number of nitrogens with zero attached hydrogens (tertiary/aromatic N) is 4. The second kappa shape index (κ2) is 10.8. The Bertz CT molecular complexity index is 1030. The zero-order chi connectivity index (χ0) is 25.9. The maximum absolute atomic E-state index is 12.7. The minimum absolute atomic E-state index is 0.0704. The van der Waals surface area contributed by atoms with Crippen LogP contribution in [0.5, 0.6) is 0 Å². The molecule has 35 heavy (non-hydrogen) atoms. The van der Waals surface area contributed by atoms with Gasteiger partial charge in [-0.1, -0.05) is 11.2 Å². The molecule has 0 bridgehead atoms. The third kappa shape index (κ3) is 6.61. The number of piperazine rings is 1. The van der Waals surface area contributed by atoms with Crippen LogP contribution in [-0.4, -0.2) is 80.9 Å². The van der Waals surface area contributed by atoms with Crippen molar-refractivity contribution in [2.75, 3.05) is 31.6 Å². The first-order chi connectivity index (χ1) is 16.4. The number of carbonyl (C=O) groups excluding carboxylic acids is 1. The summed E-state index contributed by atoms with van der Waals surface area (Å²) in [5.41, 5.74) is 3.63. The molecule has 2 aromatic rings. The zero-order valence-electron chi connectivity index (χ0n) is 20.0. The lowest BCUT2D eigenvalue weighted by molar-refractivity contribution is -0.200. The number of hydrogen-bond donors (Lipinski definition) is 3. The summed E-state index contributed by atoms with van der Waals surface area (Å²) in [6.07, 6.45) is -8.99. The highest BCUT2D eigenvalue weighted by molar-refractivity contribution is 5.68. The summed E-state index contributed by atoms with van der Waals surface area (Å²) in [6, 6.07) is 3.69. The van der Waals surface area contributed by atoms with E-state index >= 15 is 0 Å². The number of amides is 1. The van der Waals surface area contributed by atoms with Gasteiger partial charge >= 0.3 is 18.3 Å². The Labute approximate surface area is 200 Å². The smallest absolute Gasteiger partial charge is 0.425 e. The summed E-state index contributed by atoms with van der Waals surface area (Å²) in [6.45, 7) is 7.66. The molecule has 10 nitrogen and oxygen atoms in total. The third-order valence-electron chi connectivity index (χ3n) is 5.88. The second-order valence-electron chi connectivity index (χ2n) is 8.71. The van der Waals surface area contributed by atoms with Gasteiger partial charge in [-0.3, -0.25) is 4.90 Å². The summed E-state index contributed by atoms with van der Waals surface area (Å²) < 4.78 is 48.1. The number of rotatable bonds is 7. The van der Waals surface area contributed by atoms with E-state index in [0.29, 0.717) is 19.6 Å². The lowest BCUT2D eigenvalue weighted by atomic mass is 10.0. The number of aryl methyl sites for hydroxylation is 1. The molecule has 1 aliphatic heterocycles. The number of aliphatic hydroxyl groups excluding tert-OH is 2. The zero-order valence-corrected chi connectivity index (χ0v) is 20.0. The van der Waals surface area contributed by atoms with Crippen molar-refractivity contribution >= 4 is 17.8 Å². The molecule has 1 saturated heterocycles. The third-order valence-corrected chi connectivity index (χ3v) is 5.88. The van der Waals surface area contributed by atoms with E-state index in [1.165, 1.54) is 4.90 Å². The topological polar surface area (TPSA) is 124 Å². The van der Waals surface area contributed by atoms with Crippen LogP contribution in [0, 0.1) is 13.8 Å². The largest absolute Gasteiger partial charge is 0.437 e. The number of anilines is 2. The molecule has 3 rings (SSSR count). The van der Waals surface area contributed by atoms with Crippen LogP contribution in [-0.2, 0) is 11.3 Å². The number of aliphatic hydroxyl groups is 2. The summed E-state index contributed by atoms with van der Waals surface area (Å²) >= 11 is 0. The number of nitrogens with one attached hydrogen (secondary N) is 1. The second-order valence-corrected chi connectivity index (χ2v) is 8.71. The molecule has 1 fully saturated rings. The number of carbonyl (C=O) groups is 1. The van der Waals surface area contributed by atoms with E-state index in [9.17, 15) is 23.1 Å². The van der Waals surface area contributed by atoms with Crippen LogP contribution in [0.1, 0.15) is 42.5 Å². The van der Waals surface area contributed by atoms with Crippen LogP contribution in [0.2, 0.25) is 0 Å². The monoisotopic (exact) mass is 501 g/mol. The quantitative estimate of drug-likeness (QED) is 0.525. The summed E-state index contributed by atoms with van der Waals surface area (Å²) in [4.78, 5) is 15.7. The van der Waals surface area contributed by atoms with Crippen molar-refractivity contribution in [1.82, 2.24) is 20.0 Å². The van der Waals surface area contributed by atoms with Crippen molar-refractivity contribution < 1.29 is 37.3 Å². The maximum atomic E-state index is 12.7. The Morgan fingerprint density at radius 1 is 1.31 bits per heavy atom. The Kier molecular flexibility index (Phi) is 8.23. The lowest BCUT2D eigenvalue weighted by Crippen LogP contribution is -2.54. The molecule has 1 amide bonds. The molecule has 1 aliphatic rings. The molecule has 1 aromatic carbocycles. The normalized spacial score (nSPS) is 18.9. The van der Waals surface area contributed by atoms with Crippen molar-refractivity contribution in [2.45, 2.75) is 58.7 Å². The van der Waals surface area contributed by atoms with Gasteiger partial charge in [-0.25, -0.2) is 4.79 Å². The molecule has 2 heterocycles. The SMILES string of the molecule is Cc1cc(CN2CCN(C(=O)O[C@H](C)C(F)(F)F)[C@@H](C)C2)c(C)c(Nc2nnc([C@@H](O)CO)o2)c1. The Morgan fingerprint density at radius 3 is 2.66 bits per heavy atom. The first-order valence-corrected chi connectivity index (χ1v) is 11.1. The Hall–Kier alpha value is -2.90. The van der Waals surface area contributed by atoms with Gasteiger partial charge in [0.15, 0.2) is 12.2 Å². The minimum atomic E-state index is -4.60. The molecule has 0 saturated carbocycles. The van der Waals surface area contributed by atoms with Gasteiger partial charge in [-0.05, 0) is 50.5 Å². The van der Waals surface area contributed by atoms with E-state index in [-0.39, 0.29) is 24.5 Å². The predicted octanol–water partition coefficient (Wildman–Crippen LogP) is 3.05. The molecular formula is C22H30F3N5O5. The number of alkyl halides is 3. The van der Waals surface area contributed by atoms with E-state index in [2.05, 4.69) is 25.2 Å². The number of aromatic nitrogens is 2. The summed E-state index contributed by atoms with van der Waals surface area (Å²) in [7, 11) is 0. The van der Waals surface area contributed by atoms with Gasteiger partial charge in [-0.15, -0.1) is 5.10 Å². The summed E-state index contributed by atoms with van der Waals surface area (Å²) in [5.74, 6) is -0.101. The highest BCUT2D eigenvalue weighted by Gasteiger charge is 2.41. The van der Waals surface area contributed by atoms with Crippen LogP contribution in [0.4, 0.5) is 29.7 Å². The fourth-order valence-electron chi connectivity index (χ4n) is 3.82. The Balaban J connectivity index is 1.65. The van der Waals surface area contributed by atoms with E-state index in [1.807, 2.05) is 26.0 Å². The van der Waals surface area contributed by atoms with Crippen LogP contribution in [0.15, 0.2) is 16.5 Å². The van der Waals surface area contributed by atoms with Crippen molar-refractivity contribution in [1.29, 1.82) is 0 Å². The highest BCUT2D eigenvalue weighted by atomic mass is 19.4. The predicted molar refractivity (Wildman–Crippen MR) is 119 cm³/mol. The fourth-order valence-corrected chi connectivity index (χ4v) is 3.82. The fraction of sp³-hybridized carbons (Fsp3) is 0.591. The van der Waals surface area contributed by atoms with Gasteiger partial charge in [0.1, 0.15) is 0 Å². The first-order valence-electron chi connectivity index (χ1n) is 11.1. The van der Waals surface area contributed by atoms with Crippen molar-refractivity contribution in [2.24, 2.45) is 0 Å². The average Bonchev–Trinajstić information content (AvgIpc) is 3.24. The van der Waals surface area contributed by atoms with Crippen molar-refractivity contribution in [3.8, 4) is 0 Å². The van der Waals surface area contributed by atoms with Crippen LogP contribution >= 0.6 is 0 Å². The van der Waals surface area contributed by atoms with Gasteiger partial charge in [0.2, 0.25) is 5.89 Å². The van der Waals surface area contributed by atoms with Crippen LogP contribution in [0.3, 0.4) is 0 Å². The van der Waals surface area contributed by atoms with E-state index in [0.717, 1.165) is 29.3 Å². The van der Waals surface area contributed by atoms with E-state index < -0.39 is 31.1 Å². The molecule has 3 N–H and O–H groups in total. The van der Waals surface area contributed by atoms with Crippen LogP contribution < -0.4 is 5.32 Å². The molecule has 0 unspecified atom stereocenters. The molecule has 3 atom stereocenters. The van der Waals surface area contributed by atoms with Gasteiger partial charge in [0.05, 0.1) is 6.61 Å². The van der Waals surface area contributed by atoms with Crippen LogP contribution in [0.25, 0.3) is 0 Å². The number of ether oxygens (including phenoxy) is 1. The molecule has 1 aromatic heterocycles. The van der Waals surface area contributed by atoms with Gasteiger partial charge in [-0.2, -0.15) is 13.2 Å². The highest BCUT2D eigenvalue weighted by Crippen LogP contribution is 2.28. The number of hydrogen-bond acceptors (Lipinski definition) is 9. The van der Waals surface area contributed by atoms with Gasteiger partial charge < -0.3 is 29.6 Å². The summed E-state index contributed by atoms with van der Waals surface area (Å²) in [5, 5.41) is 29.2. The number of halogens is 3. The molecule has 0 radical (unpaired) electrons. The van der Waals surface area contributed by atoms with E-state index in [4.69, 9.17) is 9.52 Å². The molecule has 0 spiro atoms. The lowest BCUT2D eigenvalue weighted by Gasteiger charge is -2.39. The van der Waals surface area contributed by atoms with Crippen molar-refractivity contribution in [3.05, 3.63) is 34.7 Å².